The van der Waals surface area contributed by atoms with Crippen LogP contribution in [0.2, 0.25) is 0 Å². The van der Waals surface area contributed by atoms with Gasteiger partial charge in [-0.15, -0.1) is 0 Å². The van der Waals surface area contributed by atoms with Gasteiger partial charge in [-0.1, -0.05) is 14.2 Å². The summed E-state index contributed by atoms with van der Waals surface area (Å²) in [5, 5.41) is 0. The zero-order chi connectivity index (χ0) is 8.91. The number of carbonyl (C=O) groups excluding carboxylic acids is 1. The molecule has 0 saturated carbocycles. The minimum Gasteiger partial charge on any atom is -0.811 e. The molecule has 0 heterocycles. The van der Waals surface area contributed by atoms with Crippen molar-refractivity contribution in [3.63, 3.8) is 0 Å². The van der Waals surface area contributed by atoms with E-state index >= 15 is 0 Å². The summed E-state index contributed by atoms with van der Waals surface area (Å²) in [7, 11) is -4.54. The van der Waals surface area contributed by atoms with E-state index in [0.29, 0.717) is 0 Å². The molecule has 0 bridgehead atoms. The molecule has 0 saturated heterocycles. The average Bonchev–Trinajstić information content (AvgIpc) is 1.85. The van der Waals surface area contributed by atoms with Crippen LogP contribution in [0.1, 0.15) is 0 Å². The quantitative estimate of drug-likeness (QED) is 0.216. The molecule has 0 fully saturated rings. The second-order valence-electron chi connectivity index (χ2n) is 1.71. The van der Waals surface area contributed by atoms with Crippen LogP contribution in [0.4, 0.5) is 0 Å². The summed E-state index contributed by atoms with van der Waals surface area (Å²) in [6.45, 7) is 2.67. The molecule has 0 aliphatic carbocycles. The number of hydrogen-bond donors (Lipinski definition) is 0. The van der Waals surface area contributed by atoms with E-state index in [9.17, 15) is 19.1 Å². The van der Waals surface area contributed by atoms with Crippen LogP contribution < -0.4 is 113 Å². The largest absolute Gasteiger partial charge is 1.00 e. The Morgan fingerprint density at radius 1 is 1.46 bits per heavy atom. The second kappa shape index (κ2) is 11.1. The third-order valence-corrected chi connectivity index (χ3v) is 1.51. The van der Waals surface area contributed by atoms with E-state index in [4.69, 9.17) is 0 Å². The van der Waals surface area contributed by atoms with Gasteiger partial charge >= 0.3 is 109 Å². The van der Waals surface area contributed by atoms with Crippen LogP contribution in [-0.4, -0.2) is 18.7 Å². The molecule has 13 heavy (non-hydrogen) atoms. The Morgan fingerprint density at radius 3 is 2.23 bits per heavy atom. The third kappa shape index (κ3) is 17.3. The zero-order valence-corrected chi connectivity index (χ0v) is 14.8. The molecular weight excluding hydrogens is 249 g/mol. The predicted octanol–water partition coefficient (Wildman–Crippen LogP) is -7.36. The first-order valence-corrected chi connectivity index (χ1v) is 4.49. The normalized spacial score (nSPS) is 9.08. The maximum absolute atomic E-state index is 10.3. The molecule has 0 amide bonds. The van der Waals surface area contributed by atoms with Crippen molar-refractivity contribution in [2.45, 2.75) is 0 Å². The number of hydrogen-bond acceptors (Lipinski definition) is 5. The van der Waals surface area contributed by atoms with Crippen molar-refractivity contribution < 1.29 is 127 Å². The van der Waals surface area contributed by atoms with Gasteiger partial charge in [0.05, 0.1) is 6.61 Å². The number of esters is 1. The van der Waals surface area contributed by atoms with Crippen molar-refractivity contribution in [3.8, 4) is 0 Å². The summed E-state index contributed by atoms with van der Waals surface area (Å²) < 4.78 is 14.2. The smallest absolute Gasteiger partial charge is 0.811 e. The molecule has 0 aliphatic heterocycles. The van der Waals surface area contributed by atoms with Crippen molar-refractivity contribution in [2.24, 2.45) is 0 Å². The minimum atomic E-state index is -4.54. The summed E-state index contributed by atoms with van der Waals surface area (Å²) in [6.07, 6.45) is 0.215. The van der Waals surface area contributed by atoms with Gasteiger partial charge in [0.25, 0.3) is 0 Å². The van der Waals surface area contributed by atoms with Gasteiger partial charge in [-0.3, -0.25) is 0 Å². The van der Waals surface area contributed by atoms with Crippen LogP contribution in [0.5, 0.6) is 0 Å². The SMILES string of the molecule is C=CC(=O)OCCP(=O)([O-])[O-].[K+].[K+]. The Morgan fingerprint density at radius 2 is 1.92 bits per heavy atom. The van der Waals surface area contributed by atoms with E-state index in [0.717, 1.165) is 6.08 Å². The predicted molar refractivity (Wildman–Crippen MR) is 33.6 cm³/mol. The van der Waals surface area contributed by atoms with E-state index < -0.39 is 26.3 Å². The van der Waals surface area contributed by atoms with E-state index in [1.54, 1.807) is 0 Å². The van der Waals surface area contributed by atoms with Crippen LogP contribution >= 0.6 is 7.60 Å². The molecule has 0 atom stereocenters. The van der Waals surface area contributed by atoms with Crippen molar-refractivity contribution in [1.82, 2.24) is 0 Å². The van der Waals surface area contributed by atoms with Crippen molar-refractivity contribution in [2.75, 3.05) is 12.8 Å². The van der Waals surface area contributed by atoms with Gasteiger partial charge in [-0.05, 0) is 0 Å². The van der Waals surface area contributed by atoms with Gasteiger partial charge in [0, 0.05) is 12.2 Å². The molecule has 0 aromatic heterocycles. The van der Waals surface area contributed by atoms with Crippen LogP contribution in [0.3, 0.4) is 0 Å². The van der Waals surface area contributed by atoms with E-state index in [2.05, 4.69) is 11.3 Å². The zero-order valence-electron chi connectivity index (χ0n) is 7.69. The fourth-order valence-electron chi connectivity index (χ4n) is 0.317. The Bertz CT molecular complexity index is 201. The first kappa shape index (κ1) is 21.0. The van der Waals surface area contributed by atoms with Gasteiger partial charge in [-0.2, -0.15) is 0 Å². The van der Waals surface area contributed by atoms with Gasteiger partial charge in [0.2, 0.25) is 0 Å². The van der Waals surface area contributed by atoms with E-state index in [-0.39, 0.29) is 103 Å². The third-order valence-electron chi connectivity index (χ3n) is 0.776. The van der Waals surface area contributed by atoms with E-state index in [1.165, 1.54) is 0 Å². The number of rotatable bonds is 4. The molecule has 0 rings (SSSR count). The Labute approximate surface area is 162 Å². The number of ether oxygens (including phenoxy) is 1. The van der Waals surface area contributed by atoms with Crippen molar-refractivity contribution in [1.29, 1.82) is 0 Å². The van der Waals surface area contributed by atoms with Crippen LogP contribution in [0.15, 0.2) is 12.7 Å². The van der Waals surface area contributed by atoms with E-state index in [1.807, 2.05) is 0 Å². The maximum atomic E-state index is 10.3. The Hall–Kier alpha value is 2.63. The fraction of sp³-hybridized carbons (Fsp3) is 0.400. The molecule has 8 heteroatoms. The molecule has 0 N–H and O–H groups in total. The standard InChI is InChI=1S/C5H9O5P.2K/c1-2-5(6)10-3-4-11(7,8)9;;/h2H,1,3-4H2,(H2,7,8,9);;/q;2*+1/p-2. The minimum absolute atomic E-state index is 0. The molecule has 0 radical (unpaired) electrons. The fourth-order valence-corrected chi connectivity index (χ4v) is 0.632. The van der Waals surface area contributed by atoms with Crippen molar-refractivity contribution in [3.05, 3.63) is 12.7 Å². The summed E-state index contributed by atoms with van der Waals surface area (Å²) in [6, 6.07) is 0. The molecule has 0 aliphatic rings. The molecule has 64 valence electrons. The Kier molecular flexibility index (Phi) is 18.0. The molecule has 0 aromatic carbocycles. The summed E-state index contributed by atoms with van der Waals surface area (Å²) in [5.74, 6) is -0.738. The monoisotopic (exact) mass is 256 g/mol. The second-order valence-corrected chi connectivity index (χ2v) is 3.38. The maximum Gasteiger partial charge on any atom is 1.00 e. The average molecular weight is 256 g/mol. The summed E-state index contributed by atoms with van der Waals surface area (Å²) in [4.78, 5) is 30.2. The molecule has 0 aromatic rings. The molecular formula is C5H7K2O5P. The van der Waals surface area contributed by atoms with Gasteiger partial charge < -0.3 is 19.1 Å². The van der Waals surface area contributed by atoms with Crippen LogP contribution in [0, 0.1) is 0 Å². The van der Waals surface area contributed by atoms with Crippen molar-refractivity contribution >= 4 is 13.6 Å². The Balaban J connectivity index is -0.000000500. The summed E-state index contributed by atoms with van der Waals surface area (Å²) in [5.41, 5.74) is 0. The topological polar surface area (TPSA) is 89.5 Å². The molecule has 0 spiro atoms. The molecule has 0 unspecified atom stereocenters. The van der Waals surface area contributed by atoms with Crippen LogP contribution in [0.25, 0.3) is 0 Å². The first-order chi connectivity index (χ1) is 4.95. The molecule has 5 nitrogen and oxygen atoms in total. The van der Waals surface area contributed by atoms with Gasteiger partial charge in [0.15, 0.2) is 0 Å². The number of carbonyl (C=O) groups is 1. The first-order valence-electron chi connectivity index (χ1n) is 2.76. The van der Waals surface area contributed by atoms with Crippen LogP contribution in [-0.2, 0) is 14.1 Å². The van der Waals surface area contributed by atoms with Gasteiger partial charge in [-0.25, -0.2) is 4.79 Å². The van der Waals surface area contributed by atoms with Gasteiger partial charge in [0.1, 0.15) is 0 Å². The summed E-state index contributed by atoms with van der Waals surface area (Å²) >= 11 is 0.